The normalized spacial score (nSPS) is 18.4. The Morgan fingerprint density at radius 2 is 1.68 bits per heavy atom. The molecule has 0 amide bonds. The van der Waals surface area contributed by atoms with E-state index in [4.69, 9.17) is 5.73 Å². The van der Waals surface area contributed by atoms with Gasteiger partial charge in [0.2, 0.25) is 0 Å². The summed E-state index contributed by atoms with van der Waals surface area (Å²) < 4.78 is 0. The molecular formula is C36H39N3OS. The van der Waals surface area contributed by atoms with E-state index in [9.17, 15) is 10.1 Å². The van der Waals surface area contributed by atoms with Gasteiger partial charge in [-0.15, -0.1) is 11.8 Å². The molecule has 0 aromatic heterocycles. The van der Waals surface area contributed by atoms with Gasteiger partial charge in [0, 0.05) is 28.3 Å². The number of hydrogen-bond donors (Lipinski definition) is 1. The van der Waals surface area contributed by atoms with Crippen LogP contribution < -0.4 is 10.6 Å². The van der Waals surface area contributed by atoms with Gasteiger partial charge in [0.25, 0.3) is 0 Å². The van der Waals surface area contributed by atoms with Gasteiger partial charge in [0.1, 0.15) is 5.82 Å². The van der Waals surface area contributed by atoms with Crippen LogP contribution in [0.4, 0.5) is 5.69 Å². The van der Waals surface area contributed by atoms with Crippen molar-refractivity contribution < 1.29 is 4.79 Å². The number of rotatable bonds is 6. The van der Waals surface area contributed by atoms with Crippen LogP contribution in [0.15, 0.2) is 88.2 Å². The fourth-order valence-electron chi connectivity index (χ4n) is 6.38. The summed E-state index contributed by atoms with van der Waals surface area (Å²) in [5.41, 5.74) is 16.7. The molecule has 2 aliphatic rings. The molecule has 2 N–H and O–H groups in total. The second-order valence-corrected chi connectivity index (χ2v) is 13.2. The minimum Gasteiger partial charge on any atom is -0.384 e. The molecule has 1 heterocycles. The Morgan fingerprint density at radius 1 is 0.976 bits per heavy atom. The summed E-state index contributed by atoms with van der Waals surface area (Å²) in [6.45, 7) is 12.8. The minimum absolute atomic E-state index is 0.108. The second kappa shape index (κ2) is 11.3. The summed E-state index contributed by atoms with van der Waals surface area (Å²) in [6, 6.07) is 23.5. The molecule has 5 rings (SSSR count). The van der Waals surface area contributed by atoms with Crippen LogP contribution in [0.3, 0.4) is 0 Å². The van der Waals surface area contributed by atoms with E-state index >= 15 is 0 Å². The first-order valence-corrected chi connectivity index (χ1v) is 15.4. The monoisotopic (exact) mass is 561 g/mol. The SMILES string of the molecule is CCc1ccccc1N1C(N)=C(C#N)C(c2cc(CSc3ccccc3C)c(C)cc2C)C2=C1CC(C)(C)CC2=O. The van der Waals surface area contributed by atoms with Gasteiger partial charge < -0.3 is 5.73 Å². The highest BCUT2D eigenvalue weighted by molar-refractivity contribution is 7.98. The number of ketones is 1. The number of thioether (sulfide) groups is 1. The number of para-hydroxylation sites is 1. The van der Waals surface area contributed by atoms with Gasteiger partial charge >= 0.3 is 0 Å². The van der Waals surface area contributed by atoms with Crippen molar-refractivity contribution in [2.45, 2.75) is 77.4 Å². The molecule has 0 fully saturated rings. The molecule has 1 unspecified atom stereocenters. The third kappa shape index (κ3) is 5.34. The number of nitriles is 1. The maximum atomic E-state index is 14.1. The number of carbonyl (C=O) groups is 1. The van der Waals surface area contributed by atoms with E-state index in [-0.39, 0.29) is 11.2 Å². The van der Waals surface area contributed by atoms with Crippen molar-refractivity contribution in [1.29, 1.82) is 5.26 Å². The van der Waals surface area contributed by atoms with Crippen LogP contribution in [0.2, 0.25) is 0 Å². The summed E-state index contributed by atoms with van der Waals surface area (Å²) >= 11 is 1.82. The van der Waals surface area contributed by atoms with E-state index < -0.39 is 5.92 Å². The number of nitrogens with two attached hydrogens (primary N) is 1. The van der Waals surface area contributed by atoms with Gasteiger partial charge in [-0.1, -0.05) is 69.3 Å². The molecule has 0 saturated carbocycles. The summed E-state index contributed by atoms with van der Waals surface area (Å²) in [4.78, 5) is 17.3. The zero-order valence-electron chi connectivity index (χ0n) is 25.0. The van der Waals surface area contributed by atoms with Crippen LogP contribution in [0, 0.1) is 37.5 Å². The van der Waals surface area contributed by atoms with Crippen LogP contribution in [-0.2, 0) is 17.0 Å². The van der Waals surface area contributed by atoms with Crippen LogP contribution in [0.5, 0.6) is 0 Å². The van der Waals surface area contributed by atoms with E-state index in [2.05, 4.69) is 96.1 Å². The smallest absolute Gasteiger partial charge is 0.162 e. The van der Waals surface area contributed by atoms with Crippen LogP contribution >= 0.6 is 11.8 Å². The average molecular weight is 562 g/mol. The summed E-state index contributed by atoms with van der Waals surface area (Å²) in [5.74, 6) is 0.863. The molecule has 0 saturated heterocycles. The van der Waals surface area contributed by atoms with Gasteiger partial charge in [0.15, 0.2) is 5.78 Å². The topological polar surface area (TPSA) is 70.1 Å². The lowest BCUT2D eigenvalue weighted by Gasteiger charge is -2.44. The molecule has 210 valence electrons. The Kier molecular flexibility index (Phi) is 7.90. The highest BCUT2D eigenvalue weighted by Crippen LogP contribution is 2.51. The van der Waals surface area contributed by atoms with E-state index in [0.29, 0.717) is 24.2 Å². The second-order valence-electron chi connectivity index (χ2n) is 12.2. The maximum Gasteiger partial charge on any atom is 0.162 e. The molecule has 0 spiro atoms. The van der Waals surface area contributed by atoms with Crippen molar-refractivity contribution in [1.82, 2.24) is 0 Å². The zero-order chi connectivity index (χ0) is 29.5. The Hall–Kier alpha value is -3.75. The molecule has 0 radical (unpaired) electrons. The molecule has 1 aliphatic carbocycles. The van der Waals surface area contributed by atoms with Gasteiger partial charge in [-0.05, 0) is 84.5 Å². The highest BCUT2D eigenvalue weighted by Gasteiger charge is 2.45. The van der Waals surface area contributed by atoms with E-state index in [1.807, 2.05) is 28.8 Å². The predicted molar refractivity (Wildman–Crippen MR) is 170 cm³/mol. The highest BCUT2D eigenvalue weighted by atomic mass is 32.2. The summed E-state index contributed by atoms with van der Waals surface area (Å²) in [6.07, 6.45) is 1.98. The first kappa shape index (κ1) is 28.8. The Labute approximate surface area is 249 Å². The lowest BCUT2D eigenvalue weighted by atomic mass is 9.68. The summed E-state index contributed by atoms with van der Waals surface area (Å²) in [7, 11) is 0. The third-order valence-corrected chi connectivity index (χ3v) is 9.73. The molecule has 3 aromatic rings. The first-order valence-electron chi connectivity index (χ1n) is 14.4. The van der Waals surface area contributed by atoms with Gasteiger partial charge in [0.05, 0.1) is 23.2 Å². The van der Waals surface area contributed by atoms with Crippen molar-refractivity contribution in [2.24, 2.45) is 11.1 Å². The fraction of sp³-hybridized carbons (Fsp3) is 0.333. The lowest BCUT2D eigenvalue weighted by Crippen LogP contribution is -2.42. The maximum absolute atomic E-state index is 14.1. The first-order chi connectivity index (χ1) is 19.6. The van der Waals surface area contributed by atoms with Gasteiger partial charge in [-0.3, -0.25) is 9.69 Å². The zero-order valence-corrected chi connectivity index (χ0v) is 25.8. The predicted octanol–water partition coefficient (Wildman–Crippen LogP) is 8.41. The molecule has 4 nitrogen and oxygen atoms in total. The van der Waals surface area contributed by atoms with E-state index in [1.165, 1.54) is 21.6 Å². The molecule has 1 aliphatic heterocycles. The van der Waals surface area contributed by atoms with Crippen molar-refractivity contribution in [3.05, 3.63) is 117 Å². The Bertz CT molecular complexity index is 1640. The summed E-state index contributed by atoms with van der Waals surface area (Å²) in [5, 5.41) is 10.6. The van der Waals surface area contributed by atoms with Crippen molar-refractivity contribution in [3.63, 3.8) is 0 Å². The standard InChI is InChI=1S/C36H39N3OS/c1-7-25-13-9-10-14-29(25)39-30-18-36(5,6)19-31(40)34(30)33(28(20-37)35(39)38)27-17-26(23(3)16-24(27)4)21-41-32-15-11-8-12-22(32)2/h8-17,33H,7,18-19,21,38H2,1-6H3. The van der Waals surface area contributed by atoms with Crippen molar-refractivity contribution in [3.8, 4) is 6.07 Å². The number of Topliss-reactive ketones (excluding diaryl/α,β-unsaturated/α-hetero) is 1. The van der Waals surface area contributed by atoms with Crippen LogP contribution in [0.1, 0.15) is 72.9 Å². The van der Waals surface area contributed by atoms with Crippen molar-refractivity contribution in [2.75, 3.05) is 4.90 Å². The fourth-order valence-corrected chi connectivity index (χ4v) is 7.47. The van der Waals surface area contributed by atoms with Gasteiger partial charge in [-0.2, -0.15) is 5.26 Å². The van der Waals surface area contributed by atoms with Crippen LogP contribution in [0.25, 0.3) is 0 Å². The number of allylic oxidation sites excluding steroid dienone is 3. The number of benzene rings is 3. The number of hydrogen-bond acceptors (Lipinski definition) is 5. The Balaban J connectivity index is 1.69. The average Bonchev–Trinajstić information content (AvgIpc) is 2.92. The van der Waals surface area contributed by atoms with Crippen LogP contribution in [-0.4, -0.2) is 5.78 Å². The molecule has 41 heavy (non-hydrogen) atoms. The van der Waals surface area contributed by atoms with E-state index in [0.717, 1.165) is 45.8 Å². The van der Waals surface area contributed by atoms with E-state index in [1.54, 1.807) is 0 Å². The molecule has 3 aromatic carbocycles. The lowest BCUT2D eigenvalue weighted by molar-refractivity contribution is -0.118. The number of anilines is 1. The number of carbonyl (C=O) groups excluding carboxylic acids is 1. The third-order valence-electron chi connectivity index (χ3n) is 8.51. The number of nitrogens with zero attached hydrogens (tertiary/aromatic N) is 2. The molecule has 5 heteroatoms. The molecular weight excluding hydrogens is 522 g/mol. The van der Waals surface area contributed by atoms with Gasteiger partial charge in [-0.25, -0.2) is 0 Å². The number of aryl methyl sites for hydroxylation is 4. The Morgan fingerprint density at radius 3 is 2.39 bits per heavy atom. The minimum atomic E-state index is -0.480. The molecule has 0 bridgehead atoms. The van der Waals surface area contributed by atoms with Crippen molar-refractivity contribution >= 4 is 23.2 Å². The quantitative estimate of drug-likeness (QED) is 0.306. The largest absolute Gasteiger partial charge is 0.384 e. The molecule has 1 atom stereocenters.